The van der Waals surface area contributed by atoms with Gasteiger partial charge in [0.1, 0.15) is 29.7 Å². The Hall–Kier alpha value is -5.00. The third kappa shape index (κ3) is 5.79. The van der Waals surface area contributed by atoms with Crippen molar-refractivity contribution < 1.29 is 14.1 Å². The molecule has 0 unspecified atom stereocenters. The number of aliphatic imine (C=N–C) groups is 1. The molecule has 1 heterocycles. The number of rotatable bonds is 8. The monoisotopic (exact) mass is 577 g/mol. The molecular formula is C31H20BrN3O4. The van der Waals surface area contributed by atoms with Crippen LogP contribution in [0.3, 0.4) is 0 Å². The van der Waals surface area contributed by atoms with Crippen molar-refractivity contribution in [2.24, 2.45) is 4.99 Å². The number of nitro groups is 1. The lowest BCUT2D eigenvalue weighted by Crippen LogP contribution is -1.97. The second kappa shape index (κ2) is 11.6. The first-order valence-corrected chi connectivity index (χ1v) is 12.7. The molecule has 1 aromatic heterocycles. The molecule has 0 spiro atoms. The van der Waals surface area contributed by atoms with E-state index in [-0.39, 0.29) is 18.2 Å². The first-order chi connectivity index (χ1) is 19.0. The van der Waals surface area contributed by atoms with Gasteiger partial charge in [0.05, 0.1) is 9.40 Å². The van der Waals surface area contributed by atoms with Crippen molar-refractivity contribution in [3.63, 3.8) is 0 Å². The fraction of sp³-hybridized carbons (Fsp3) is 0.0323. The molecule has 0 aliphatic rings. The molecule has 8 heteroatoms. The van der Waals surface area contributed by atoms with E-state index in [1.54, 1.807) is 24.4 Å². The summed E-state index contributed by atoms with van der Waals surface area (Å²) in [5, 5.41) is 20.9. The number of nitro benzene ring substituents is 1. The van der Waals surface area contributed by atoms with E-state index in [1.807, 2.05) is 72.8 Å². The molecule has 0 aliphatic carbocycles. The summed E-state index contributed by atoms with van der Waals surface area (Å²) in [6.07, 6.45) is 1.63. The smallest absolute Gasteiger partial charge is 0.269 e. The predicted octanol–water partition coefficient (Wildman–Crippen LogP) is 8.49. The molecule has 0 amide bonds. The van der Waals surface area contributed by atoms with Gasteiger partial charge in [-0.3, -0.25) is 10.1 Å². The van der Waals surface area contributed by atoms with Gasteiger partial charge in [-0.15, -0.1) is 0 Å². The summed E-state index contributed by atoms with van der Waals surface area (Å²) in [5.41, 5.74) is 4.40. The van der Waals surface area contributed by atoms with E-state index in [0.29, 0.717) is 27.1 Å². The van der Waals surface area contributed by atoms with Gasteiger partial charge in [-0.05, 0) is 63.0 Å². The number of nitrogens with zero attached hydrogens (tertiary/aromatic N) is 3. The summed E-state index contributed by atoms with van der Waals surface area (Å²) in [7, 11) is 0. The summed E-state index contributed by atoms with van der Waals surface area (Å²) in [6.45, 7) is 0.256. The maximum absolute atomic E-state index is 10.8. The van der Waals surface area contributed by atoms with Crippen LogP contribution in [0.1, 0.15) is 16.7 Å². The Bertz CT molecular complexity index is 1690. The molecule has 0 saturated heterocycles. The molecule has 4 aromatic carbocycles. The van der Waals surface area contributed by atoms with Crippen LogP contribution in [0.2, 0.25) is 0 Å². The van der Waals surface area contributed by atoms with Crippen molar-refractivity contribution in [2.45, 2.75) is 6.61 Å². The van der Waals surface area contributed by atoms with E-state index < -0.39 is 4.92 Å². The van der Waals surface area contributed by atoms with Crippen molar-refractivity contribution in [3.05, 3.63) is 134 Å². The lowest BCUT2D eigenvalue weighted by atomic mass is 9.98. The summed E-state index contributed by atoms with van der Waals surface area (Å²) >= 11 is 3.53. The molecule has 7 nitrogen and oxygen atoms in total. The zero-order chi connectivity index (χ0) is 27.2. The van der Waals surface area contributed by atoms with Crippen LogP contribution in [0, 0.1) is 21.4 Å². The van der Waals surface area contributed by atoms with Crippen LogP contribution >= 0.6 is 15.9 Å². The van der Waals surface area contributed by atoms with Crippen LogP contribution in [0.4, 0.5) is 11.6 Å². The zero-order valence-corrected chi connectivity index (χ0v) is 22.0. The normalized spacial score (nSPS) is 10.9. The van der Waals surface area contributed by atoms with E-state index in [1.165, 1.54) is 12.1 Å². The van der Waals surface area contributed by atoms with Crippen LogP contribution in [0.5, 0.6) is 5.75 Å². The molecule has 5 rings (SSSR count). The largest absolute Gasteiger partial charge is 0.488 e. The van der Waals surface area contributed by atoms with Crippen molar-refractivity contribution in [1.29, 1.82) is 5.26 Å². The van der Waals surface area contributed by atoms with Gasteiger partial charge in [0.25, 0.3) is 5.69 Å². The van der Waals surface area contributed by atoms with Gasteiger partial charge in [-0.1, -0.05) is 60.7 Å². The summed E-state index contributed by atoms with van der Waals surface area (Å²) in [5.74, 6) is 1.42. The Morgan fingerprint density at radius 3 is 2.23 bits per heavy atom. The van der Waals surface area contributed by atoms with Gasteiger partial charge in [-0.2, -0.15) is 5.26 Å². The van der Waals surface area contributed by atoms with Gasteiger partial charge in [0.2, 0.25) is 5.88 Å². The van der Waals surface area contributed by atoms with E-state index in [4.69, 9.17) is 9.15 Å². The third-order valence-corrected chi connectivity index (χ3v) is 6.55. The van der Waals surface area contributed by atoms with Gasteiger partial charge in [0, 0.05) is 29.5 Å². The molecule has 190 valence electrons. The SMILES string of the molecule is N#Cc1c(/N=C/c2ccc(OCc3ccc([N+](=O)[O-])cc3)c(Br)c2)oc(-c2ccccc2)c1-c1ccccc1. The van der Waals surface area contributed by atoms with Crippen LogP contribution < -0.4 is 4.74 Å². The molecule has 39 heavy (non-hydrogen) atoms. The van der Waals surface area contributed by atoms with Gasteiger partial charge < -0.3 is 9.15 Å². The van der Waals surface area contributed by atoms with Crippen LogP contribution in [0.25, 0.3) is 22.5 Å². The topological polar surface area (TPSA) is 102 Å². The maximum atomic E-state index is 10.8. The molecule has 0 fully saturated rings. The molecular weight excluding hydrogens is 558 g/mol. The molecule has 0 aliphatic heterocycles. The van der Waals surface area contributed by atoms with Gasteiger partial charge in [-0.25, -0.2) is 4.99 Å². The molecule has 5 aromatic rings. The van der Waals surface area contributed by atoms with Gasteiger partial charge >= 0.3 is 0 Å². The highest BCUT2D eigenvalue weighted by Gasteiger charge is 2.22. The predicted molar refractivity (Wildman–Crippen MR) is 153 cm³/mol. The number of halogens is 1. The lowest BCUT2D eigenvalue weighted by molar-refractivity contribution is -0.384. The molecule has 0 N–H and O–H groups in total. The minimum atomic E-state index is -0.436. The highest BCUT2D eigenvalue weighted by atomic mass is 79.9. The summed E-state index contributed by atoms with van der Waals surface area (Å²) in [6, 6.07) is 33.3. The third-order valence-electron chi connectivity index (χ3n) is 5.93. The summed E-state index contributed by atoms with van der Waals surface area (Å²) < 4.78 is 12.7. The Kier molecular flexibility index (Phi) is 7.62. The number of ether oxygens (including phenoxy) is 1. The first kappa shape index (κ1) is 25.6. The first-order valence-electron chi connectivity index (χ1n) is 11.9. The molecule has 0 bridgehead atoms. The van der Waals surface area contributed by atoms with E-state index >= 15 is 0 Å². The van der Waals surface area contributed by atoms with Crippen LogP contribution in [0.15, 0.2) is 117 Å². The molecule has 0 saturated carbocycles. The molecule has 0 radical (unpaired) electrons. The Morgan fingerprint density at radius 1 is 0.949 bits per heavy atom. The Labute approximate surface area is 232 Å². The fourth-order valence-corrected chi connectivity index (χ4v) is 4.52. The van der Waals surface area contributed by atoms with Crippen molar-refractivity contribution >= 4 is 33.7 Å². The highest BCUT2D eigenvalue weighted by molar-refractivity contribution is 9.10. The van der Waals surface area contributed by atoms with Crippen molar-refractivity contribution in [3.8, 4) is 34.3 Å². The quantitative estimate of drug-likeness (QED) is 0.104. The second-order valence-corrected chi connectivity index (χ2v) is 9.34. The average Bonchev–Trinajstić information content (AvgIpc) is 3.35. The Morgan fingerprint density at radius 2 is 1.62 bits per heavy atom. The minimum absolute atomic E-state index is 0.0338. The highest BCUT2D eigenvalue weighted by Crippen LogP contribution is 2.42. The number of non-ortho nitro benzene ring substituents is 1. The minimum Gasteiger partial charge on any atom is -0.488 e. The zero-order valence-electron chi connectivity index (χ0n) is 20.5. The van der Waals surface area contributed by atoms with Gasteiger partial charge in [0.15, 0.2) is 0 Å². The number of nitriles is 1. The number of hydrogen-bond acceptors (Lipinski definition) is 6. The standard InChI is InChI=1S/C31H20BrN3O4/c32-27-17-22(13-16-28(27)38-20-21-11-14-25(15-12-21)35(36)37)19-34-31-26(18-33)29(23-7-3-1-4-8-23)30(39-31)24-9-5-2-6-10-24/h1-17,19H,20H2/b34-19+. The molecule has 0 atom stereocenters. The number of hydrogen-bond donors (Lipinski definition) is 0. The average molecular weight is 578 g/mol. The number of benzene rings is 4. The van der Waals surface area contributed by atoms with E-state index in [9.17, 15) is 15.4 Å². The van der Waals surface area contributed by atoms with Crippen molar-refractivity contribution in [1.82, 2.24) is 0 Å². The fourth-order valence-electron chi connectivity index (χ4n) is 4.01. The maximum Gasteiger partial charge on any atom is 0.269 e. The number of furan rings is 1. The lowest BCUT2D eigenvalue weighted by Gasteiger charge is -2.09. The Balaban J connectivity index is 1.40. The van der Waals surface area contributed by atoms with Crippen LogP contribution in [-0.4, -0.2) is 11.1 Å². The summed E-state index contributed by atoms with van der Waals surface area (Å²) in [4.78, 5) is 14.9. The van der Waals surface area contributed by atoms with E-state index in [0.717, 1.165) is 22.3 Å². The van der Waals surface area contributed by atoms with Crippen molar-refractivity contribution in [2.75, 3.05) is 0 Å². The second-order valence-electron chi connectivity index (χ2n) is 8.49. The van der Waals surface area contributed by atoms with Crippen LogP contribution in [-0.2, 0) is 6.61 Å². The van der Waals surface area contributed by atoms with E-state index in [2.05, 4.69) is 27.0 Å².